The molecule has 0 radical (unpaired) electrons. The lowest BCUT2D eigenvalue weighted by atomic mass is 9.73. The predicted octanol–water partition coefficient (Wildman–Crippen LogP) is 2.35. The van der Waals surface area contributed by atoms with Crippen molar-refractivity contribution in [2.24, 2.45) is 17.8 Å². The van der Waals surface area contributed by atoms with Gasteiger partial charge < -0.3 is 15.3 Å². The van der Waals surface area contributed by atoms with Gasteiger partial charge in [0.15, 0.2) is 0 Å². The zero-order valence-corrected chi connectivity index (χ0v) is 13.4. The van der Waals surface area contributed by atoms with Crippen LogP contribution in [0, 0.1) is 17.8 Å². The molecule has 0 spiro atoms. The van der Waals surface area contributed by atoms with Crippen molar-refractivity contribution in [2.45, 2.75) is 53.0 Å². The van der Waals surface area contributed by atoms with Gasteiger partial charge in [-0.05, 0) is 50.1 Å². The summed E-state index contributed by atoms with van der Waals surface area (Å²) in [6.45, 7) is 13.5. The van der Waals surface area contributed by atoms with Crippen molar-refractivity contribution in [3.63, 3.8) is 0 Å². The lowest BCUT2D eigenvalue weighted by Crippen LogP contribution is -2.46. The molecule has 3 atom stereocenters. The number of hydrogen-bond acceptors (Lipinski definition) is 3. The highest BCUT2D eigenvalue weighted by Crippen LogP contribution is 2.34. The number of nitrogens with one attached hydrogen (secondary N) is 1. The van der Waals surface area contributed by atoms with Gasteiger partial charge in [-0.1, -0.05) is 27.7 Å². The van der Waals surface area contributed by atoms with Crippen LogP contribution in [0.5, 0.6) is 0 Å². The van der Waals surface area contributed by atoms with Crippen LogP contribution >= 0.6 is 0 Å². The molecule has 0 aliphatic heterocycles. The molecule has 1 fully saturated rings. The first-order valence-electron chi connectivity index (χ1n) is 8.18. The number of rotatable bonds is 8. The second-order valence-electron chi connectivity index (χ2n) is 6.36. The quantitative estimate of drug-likeness (QED) is 0.711. The van der Waals surface area contributed by atoms with Gasteiger partial charge in [0, 0.05) is 19.1 Å². The van der Waals surface area contributed by atoms with E-state index >= 15 is 0 Å². The molecule has 0 amide bonds. The van der Waals surface area contributed by atoms with Crippen molar-refractivity contribution in [3.05, 3.63) is 0 Å². The van der Waals surface area contributed by atoms with Gasteiger partial charge >= 0.3 is 0 Å². The van der Waals surface area contributed by atoms with Crippen molar-refractivity contribution < 1.29 is 5.11 Å². The zero-order chi connectivity index (χ0) is 14.3. The van der Waals surface area contributed by atoms with Crippen LogP contribution in [0.1, 0.15) is 47.0 Å². The summed E-state index contributed by atoms with van der Waals surface area (Å²) in [4.78, 5) is 2.40. The highest BCUT2D eigenvalue weighted by Gasteiger charge is 2.32. The van der Waals surface area contributed by atoms with E-state index in [9.17, 15) is 0 Å². The van der Waals surface area contributed by atoms with E-state index in [2.05, 4.69) is 37.9 Å². The smallest absolute Gasteiger partial charge is 0.0558 e. The normalized spacial score (nSPS) is 28.3. The van der Waals surface area contributed by atoms with Crippen LogP contribution in [0.3, 0.4) is 0 Å². The Morgan fingerprint density at radius 2 is 2.00 bits per heavy atom. The molecule has 1 rings (SSSR count). The van der Waals surface area contributed by atoms with E-state index in [-0.39, 0.29) is 6.61 Å². The average molecular weight is 270 g/mol. The number of nitrogens with zero attached hydrogens (tertiary/aromatic N) is 1. The fourth-order valence-corrected chi connectivity index (χ4v) is 3.49. The van der Waals surface area contributed by atoms with Crippen LogP contribution in [0.15, 0.2) is 0 Å². The number of hydrogen-bond donors (Lipinski definition) is 2. The standard InChI is InChI=1S/C16H34N2O/c1-5-17-16-8-7-14(13(3)4)11-15(16)12-18(6-2)9-10-19/h13-17,19H,5-12H2,1-4H3. The Morgan fingerprint density at radius 3 is 2.53 bits per heavy atom. The molecule has 19 heavy (non-hydrogen) atoms. The summed E-state index contributed by atoms with van der Waals surface area (Å²) in [7, 11) is 0. The first kappa shape index (κ1) is 16.9. The lowest BCUT2D eigenvalue weighted by Gasteiger charge is -2.40. The summed E-state index contributed by atoms with van der Waals surface area (Å²) in [5.74, 6) is 2.43. The van der Waals surface area contributed by atoms with Crippen LogP contribution in [-0.2, 0) is 0 Å². The van der Waals surface area contributed by atoms with Gasteiger partial charge in [0.2, 0.25) is 0 Å². The minimum absolute atomic E-state index is 0.278. The van der Waals surface area contributed by atoms with Gasteiger partial charge in [-0.15, -0.1) is 0 Å². The van der Waals surface area contributed by atoms with E-state index in [1.54, 1.807) is 0 Å². The van der Waals surface area contributed by atoms with Gasteiger partial charge in [-0.3, -0.25) is 0 Å². The molecule has 0 saturated heterocycles. The second-order valence-corrected chi connectivity index (χ2v) is 6.36. The van der Waals surface area contributed by atoms with Crippen LogP contribution in [0.25, 0.3) is 0 Å². The van der Waals surface area contributed by atoms with Crippen molar-refractivity contribution >= 4 is 0 Å². The van der Waals surface area contributed by atoms with Gasteiger partial charge in [0.25, 0.3) is 0 Å². The molecule has 3 heteroatoms. The molecule has 0 aromatic carbocycles. The van der Waals surface area contributed by atoms with E-state index in [0.29, 0.717) is 6.04 Å². The average Bonchev–Trinajstić information content (AvgIpc) is 2.40. The third kappa shape index (κ3) is 5.41. The van der Waals surface area contributed by atoms with Crippen molar-refractivity contribution in [3.8, 4) is 0 Å². The number of likely N-dealkylation sites (N-methyl/N-ethyl adjacent to an activating group) is 1. The van der Waals surface area contributed by atoms with E-state index in [4.69, 9.17) is 5.11 Å². The monoisotopic (exact) mass is 270 g/mol. The largest absolute Gasteiger partial charge is 0.395 e. The maximum Gasteiger partial charge on any atom is 0.0558 e. The molecular formula is C16H34N2O. The summed E-state index contributed by atoms with van der Waals surface area (Å²) in [5.41, 5.74) is 0. The Balaban J connectivity index is 2.59. The maximum atomic E-state index is 9.15. The topological polar surface area (TPSA) is 35.5 Å². The predicted molar refractivity (Wildman–Crippen MR) is 82.3 cm³/mol. The minimum Gasteiger partial charge on any atom is -0.395 e. The molecule has 3 unspecified atom stereocenters. The van der Waals surface area contributed by atoms with Gasteiger partial charge in [-0.25, -0.2) is 0 Å². The molecule has 0 aromatic heterocycles. The zero-order valence-electron chi connectivity index (χ0n) is 13.4. The van der Waals surface area contributed by atoms with Crippen molar-refractivity contribution in [1.82, 2.24) is 10.2 Å². The molecule has 0 heterocycles. The maximum absolute atomic E-state index is 9.15. The molecule has 0 aromatic rings. The summed E-state index contributed by atoms with van der Waals surface area (Å²) < 4.78 is 0. The minimum atomic E-state index is 0.278. The summed E-state index contributed by atoms with van der Waals surface area (Å²) in [6, 6.07) is 0.674. The van der Waals surface area contributed by atoms with Crippen LogP contribution < -0.4 is 5.32 Å². The Labute approximate surface area is 119 Å². The SMILES string of the molecule is CCNC1CCC(C(C)C)CC1CN(CC)CCO. The molecule has 1 aliphatic rings. The Bertz CT molecular complexity index is 233. The number of aliphatic hydroxyl groups excluding tert-OH is 1. The molecule has 2 N–H and O–H groups in total. The number of aliphatic hydroxyl groups is 1. The molecule has 0 bridgehead atoms. The third-order valence-corrected chi connectivity index (χ3v) is 4.79. The fraction of sp³-hybridized carbons (Fsp3) is 1.00. The summed E-state index contributed by atoms with van der Waals surface area (Å²) >= 11 is 0. The fourth-order valence-electron chi connectivity index (χ4n) is 3.49. The van der Waals surface area contributed by atoms with Crippen molar-refractivity contribution in [1.29, 1.82) is 0 Å². The Kier molecular flexibility index (Phi) is 7.96. The molecule has 114 valence electrons. The van der Waals surface area contributed by atoms with Crippen LogP contribution in [0.4, 0.5) is 0 Å². The Morgan fingerprint density at radius 1 is 1.26 bits per heavy atom. The van der Waals surface area contributed by atoms with E-state index in [1.165, 1.54) is 19.3 Å². The summed E-state index contributed by atoms with van der Waals surface area (Å²) in [6.07, 6.45) is 4.03. The van der Waals surface area contributed by atoms with E-state index in [1.807, 2.05) is 0 Å². The van der Waals surface area contributed by atoms with Crippen LogP contribution in [0.2, 0.25) is 0 Å². The van der Waals surface area contributed by atoms with E-state index in [0.717, 1.165) is 43.9 Å². The third-order valence-electron chi connectivity index (χ3n) is 4.79. The lowest BCUT2D eigenvalue weighted by molar-refractivity contribution is 0.112. The summed E-state index contributed by atoms with van der Waals surface area (Å²) in [5, 5.41) is 12.8. The van der Waals surface area contributed by atoms with Gasteiger partial charge in [0.1, 0.15) is 0 Å². The van der Waals surface area contributed by atoms with Gasteiger partial charge in [0.05, 0.1) is 6.61 Å². The second kappa shape index (κ2) is 8.93. The highest BCUT2D eigenvalue weighted by atomic mass is 16.3. The molecule has 1 aliphatic carbocycles. The molecule has 1 saturated carbocycles. The van der Waals surface area contributed by atoms with E-state index < -0.39 is 0 Å². The first-order chi connectivity index (χ1) is 9.12. The van der Waals surface area contributed by atoms with Crippen LogP contribution in [-0.4, -0.2) is 48.8 Å². The van der Waals surface area contributed by atoms with Gasteiger partial charge in [-0.2, -0.15) is 0 Å². The molecular weight excluding hydrogens is 236 g/mol. The first-order valence-corrected chi connectivity index (χ1v) is 8.18. The molecule has 3 nitrogen and oxygen atoms in total. The highest BCUT2D eigenvalue weighted by molar-refractivity contribution is 4.87. The Hall–Kier alpha value is -0.120. The van der Waals surface area contributed by atoms with Crippen molar-refractivity contribution in [2.75, 3.05) is 32.8 Å².